The van der Waals surface area contributed by atoms with Gasteiger partial charge >= 0.3 is 12.2 Å². The van der Waals surface area contributed by atoms with E-state index < -0.39 is 30.3 Å². The van der Waals surface area contributed by atoms with Gasteiger partial charge in [0, 0.05) is 19.2 Å². The van der Waals surface area contributed by atoms with Gasteiger partial charge in [0.2, 0.25) is 11.8 Å². The van der Waals surface area contributed by atoms with Gasteiger partial charge in [-0.2, -0.15) is 0 Å². The van der Waals surface area contributed by atoms with Crippen LogP contribution in [-0.4, -0.2) is 87.6 Å². The van der Waals surface area contributed by atoms with Gasteiger partial charge in [-0.05, 0) is 81.7 Å². The van der Waals surface area contributed by atoms with Crippen LogP contribution >= 0.6 is 0 Å². The van der Waals surface area contributed by atoms with Crippen molar-refractivity contribution in [2.24, 2.45) is 17.3 Å². The highest BCUT2D eigenvalue weighted by atomic mass is 16.5. The lowest BCUT2D eigenvalue weighted by molar-refractivity contribution is -0.136. The number of rotatable bonds is 13. The fraction of sp³-hybridized carbons (Fsp3) is 0.360. The first-order valence-corrected chi connectivity index (χ1v) is 21.8. The van der Waals surface area contributed by atoms with E-state index in [0.29, 0.717) is 17.9 Å². The maximum absolute atomic E-state index is 14.0. The minimum atomic E-state index is -0.935. The van der Waals surface area contributed by atoms with Gasteiger partial charge in [-0.1, -0.05) is 107 Å². The number of nitrogens with one attached hydrogen (secondary N) is 4. The Morgan fingerprint density at radius 2 is 1.33 bits per heavy atom. The number of aromatic nitrogens is 4. The third kappa shape index (κ3) is 8.95. The molecule has 1 aliphatic heterocycles. The van der Waals surface area contributed by atoms with Crippen molar-refractivity contribution < 1.29 is 28.7 Å². The Morgan fingerprint density at radius 1 is 0.734 bits per heavy atom. The number of H-pyrrole nitrogens is 2. The molecule has 332 valence electrons. The van der Waals surface area contributed by atoms with Crippen LogP contribution in [0.15, 0.2) is 103 Å². The number of ether oxygens (including phenoxy) is 2. The molecule has 4 atom stereocenters. The molecule has 2 aromatic heterocycles. The number of hydrogen-bond donors (Lipinski definition) is 4. The minimum Gasteiger partial charge on any atom is -0.453 e. The molecule has 1 aliphatic carbocycles. The number of nitrogens with zero attached hydrogens (tertiary/aromatic N) is 4. The van der Waals surface area contributed by atoms with Gasteiger partial charge < -0.3 is 39.9 Å². The molecule has 6 aromatic rings. The molecule has 1 saturated carbocycles. The second kappa shape index (κ2) is 18.0. The van der Waals surface area contributed by atoms with Crippen LogP contribution in [0.3, 0.4) is 0 Å². The van der Waals surface area contributed by atoms with Gasteiger partial charge in [0.1, 0.15) is 23.7 Å². The summed E-state index contributed by atoms with van der Waals surface area (Å²) in [5.41, 5.74) is 6.55. The highest BCUT2D eigenvalue weighted by Crippen LogP contribution is 2.58. The molecular formula is C50H56N8O6. The van der Waals surface area contributed by atoms with Crippen LogP contribution in [-0.2, 0) is 19.1 Å². The van der Waals surface area contributed by atoms with E-state index in [9.17, 15) is 19.2 Å². The standard InChI is InChI=1S/C50H56N8O6/c1-29(2)41(55-48(61)63-6)47(60)58-28-50(21-22-50)25-40(58)44-51-27-39(53-44)37-20-19-35-23-34(17-18-36(35)24-37)31-13-15-32(16-14-31)38-26-52-45(54-38)43(30(3)4)57(5)46(59)42(56-49(62)64-7)33-11-9-8-10-12-33/h8-20,23-24,26-27,29-30,40-43H,21-22,25,28H2,1-7H3,(H,51,53)(H,52,54)(H,55,61)(H,56,62)/t40-,41-,42-,43-/m0/s1. The quantitative estimate of drug-likeness (QED) is 0.0890. The number of alkyl carbamates (subject to hydrolysis) is 2. The highest BCUT2D eigenvalue weighted by molar-refractivity contribution is 5.91. The Bertz CT molecular complexity index is 2650. The number of likely N-dealkylation sites (tertiary alicyclic amines) is 1. The second-order valence-electron chi connectivity index (χ2n) is 17.9. The lowest BCUT2D eigenvalue weighted by Crippen LogP contribution is -2.51. The normalized spacial score (nSPS) is 16.7. The molecule has 0 radical (unpaired) electrons. The number of hydrogen-bond acceptors (Lipinski definition) is 8. The van der Waals surface area contributed by atoms with Gasteiger partial charge in [-0.3, -0.25) is 9.59 Å². The first kappa shape index (κ1) is 43.7. The third-order valence-electron chi connectivity index (χ3n) is 12.8. The summed E-state index contributed by atoms with van der Waals surface area (Å²) in [5.74, 6) is 0.880. The van der Waals surface area contributed by atoms with Gasteiger partial charge in [0.15, 0.2) is 0 Å². The molecule has 8 rings (SSSR count). The van der Waals surface area contributed by atoms with E-state index in [1.54, 1.807) is 30.3 Å². The van der Waals surface area contributed by atoms with Crippen molar-refractivity contribution in [1.29, 1.82) is 0 Å². The molecule has 2 aliphatic rings. The summed E-state index contributed by atoms with van der Waals surface area (Å²) in [6.45, 7) is 8.56. The molecule has 4 amide bonds. The largest absolute Gasteiger partial charge is 0.453 e. The number of methoxy groups -OCH3 is 2. The number of imidazole rings is 2. The van der Waals surface area contributed by atoms with Crippen LogP contribution in [0.1, 0.15) is 82.3 Å². The topological polar surface area (TPSA) is 175 Å². The molecule has 0 unspecified atom stereocenters. The summed E-state index contributed by atoms with van der Waals surface area (Å²) < 4.78 is 9.66. The van der Waals surface area contributed by atoms with Crippen molar-refractivity contribution in [3.8, 4) is 33.6 Å². The van der Waals surface area contributed by atoms with E-state index in [4.69, 9.17) is 19.4 Å². The number of carbonyl (C=O) groups is 4. The van der Waals surface area contributed by atoms with Crippen molar-refractivity contribution in [2.45, 2.75) is 71.1 Å². The third-order valence-corrected chi connectivity index (χ3v) is 12.8. The molecule has 0 bridgehead atoms. The fourth-order valence-corrected chi connectivity index (χ4v) is 9.07. The number of benzene rings is 4. The van der Waals surface area contributed by atoms with Crippen molar-refractivity contribution in [3.05, 3.63) is 121 Å². The van der Waals surface area contributed by atoms with Crippen molar-refractivity contribution in [3.63, 3.8) is 0 Å². The molecule has 4 aromatic carbocycles. The van der Waals surface area contributed by atoms with Gasteiger partial charge in [0.05, 0.1) is 50.1 Å². The van der Waals surface area contributed by atoms with Crippen LogP contribution in [0.5, 0.6) is 0 Å². The number of fused-ring (bicyclic) bond motifs is 1. The first-order chi connectivity index (χ1) is 30.8. The van der Waals surface area contributed by atoms with Gasteiger partial charge in [-0.15, -0.1) is 0 Å². The zero-order valence-electron chi connectivity index (χ0n) is 37.3. The van der Waals surface area contributed by atoms with Gasteiger partial charge in [0.25, 0.3) is 0 Å². The monoisotopic (exact) mass is 864 g/mol. The Labute approximate surface area is 373 Å². The zero-order valence-corrected chi connectivity index (χ0v) is 37.3. The zero-order chi connectivity index (χ0) is 45.3. The smallest absolute Gasteiger partial charge is 0.407 e. The van der Waals surface area contributed by atoms with E-state index in [1.807, 2.05) is 57.0 Å². The molecule has 2 fully saturated rings. The Hall–Kier alpha value is -6.96. The molecule has 1 saturated heterocycles. The van der Waals surface area contributed by atoms with E-state index in [0.717, 1.165) is 69.5 Å². The van der Waals surface area contributed by atoms with Crippen LogP contribution in [0.25, 0.3) is 44.4 Å². The van der Waals surface area contributed by atoms with E-state index in [-0.39, 0.29) is 35.1 Å². The molecule has 1 spiro atoms. The Morgan fingerprint density at radius 3 is 1.97 bits per heavy atom. The predicted octanol–water partition coefficient (Wildman–Crippen LogP) is 8.97. The van der Waals surface area contributed by atoms with Crippen molar-refractivity contribution in [2.75, 3.05) is 27.8 Å². The van der Waals surface area contributed by atoms with Crippen molar-refractivity contribution >= 4 is 34.8 Å². The fourth-order valence-electron chi connectivity index (χ4n) is 9.07. The lowest BCUT2D eigenvalue weighted by Gasteiger charge is -2.32. The summed E-state index contributed by atoms with van der Waals surface area (Å²) in [4.78, 5) is 72.4. The first-order valence-electron chi connectivity index (χ1n) is 21.8. The van der Waals surface area contributed by atoms with Crippen LogP contribution < -0.4 is 10.6 Å². The van der Waals surface area contributed by atoms with Crippen LogP contribution in [0.2, 0.25) is 0 Å². The van der Waals surface area contributed by atoms with Crippen molar-refractivity contribution in [1.82, 2.24) is 40.4 Å². The average molecular weight is 865 g/mol. The maximum Gasteiger partial charge on any atom is 0.407 e. The molecule has 3 heterocycles. The van der Waals surface area contributed by atoms with Crippen LogP contribution in [0.4, 0.5) is 9.59 Å². The Balaban J connectivity index is 0.963. The number of aromatic amines is 2. The summed E-state index contributed by atoms with van der Waals surface area (Å²) >= 11 is 0. The molecular weight excluding hydrogens is 809 g/mol. The molecule has 4 N–H and O–H groups in total. The van der Waals surface area contributed by atoms with E-state index >= 15 is 0 Å². The highest BCUT2D eigenvalue weighted by Gasteiger charge is 2.55. The van der Waals surface area contributed by atoms with E-state index in [2.05, 4.69) is 81.3 Å². The molecule has 14 nitrogen and oxygen atoms in total. The predicted molar refractivity (Wildman–Crippen MR) is 245 cm³/mol. The lowest BCUT2D eigenvalue weighted by atomic mass is 9.98. The Kier molecular flexibility index (Phi) is 12.3. The van der Waals surface area contributed by atoms with Gasteiger partial charge in [-0.25, -0.2) is 19.6 Å². The number of amides is 4. The minimum absolute atomic E-state index is 0.00249. The summed E-state index contributed by atoms with van der Waals surface area (Å²) in [6, 6.07) is 28.0. The molecule has 64 heavy (non-hydrogen) atoms. The maximum atomic E-state index is 14.0. The summed E-state index contributed by atoms with van der Waals surface area (Å²) in [5, 5.41) is 7.63. The average Bonchev–Trinajstić information content (AvgIpc) is 3.62. The van der Waals surface area contributed by atoms with Crippen LogP contribution in [0, 0.1) is 17.3 Å². The number of carbonyl (C=O) groups excluding carboxylic acids is 4. The second-order valence-corrected chi connectivity index (χ2v) is 17.9. The summed E-state index contributed by atoms with van der Waals surface area (Å²) in [6.07, 6.45) is 5.32. The molecule has 14 heteroatoms. The number of likely N-dealkylation sites (N-methyl/N-ethyl adjacent to an activating group) is 1. The van der Waals surface area contributed by atoms with E-state index in [1.165, 1.54) is 14.2 Å². The summed E-state index contributed by atoms with van der Waals surface area (Å²) in [7, 11) is 4.30. The SMILES string of the molecule is COC(=O)N[C@H](C(=O)N(C)[C@H](c1ncc(-c2ccc(-c3ccc4cc(-c5cnc([C@@H]6CC7(CC7)CN6C(=O)[C@@H](NC(=O)OC)C(C)C)[nH]5)ccc4c3)cc2)[nH]1)C(C)C)c1ccccc1.